The summed E-state index contributed by atoms with van der Waals surface area (Å²) in [7, 11) is -3.10. The quantitative estimate of drug-likeness (QED) is 0.649. The molecule has 1 aromatic rings. The zero-order valence-electron chi connectivity index (χ0n) is 12.8. The van der Waals surface area contributed by atoms with Gasteiger partial charge in [0.25, 0.3) is 0 Å². The zero-order chi connectivity index (χ0) is 17.0. The Balaban J connectivity index is 1.95. The predicted octanol–water partition coefficient (Wildman–Crippen LogP) is 0.642. The van der Waals surface area contributed by atoms with E-state index in [-0.39, 0.29) is 30.4 Å². The molecule has 0 radical (unpaired) electrons. The number of sulfone groups is 1. The van der Waals surface area contributed by atoms with Crippen molar-refractivity contribution in [2.45, 2.75) is 19.4 Å². The first-order valence-corrected chi connectivity index (χ1v) is 8.99. The summed E-state index contributed by atoms with van der Waals surface area (Å²) < 4.78 is 23.0. The number of rotatable bonds is 3. The van der Waals surface area contributed by atoms with Gasteiger partial charge in [-0.15, -0.1) is 6.42 Å². The third kappa shape index (κ3) is 4.57. The van der Waals surface area contributed by atoms with Gasteiger partial charge in [0.2, 0.25) is 11.8 Å². The molecular weight excluding hydrogens is 316 g/mol. The van der Waals surface area contributed by atoms with Crippen molar-refractivity contribution >= 4 is 27.3 Å². The first-order valence-electron chi connectivity index (χ1n) is 7.17. The first-order chi connectivity index (χ1) is 10.8. The standard InChI is InChI=1S/C16H18N2O4S/c1-3-13-5-4-6-14(9-13)17-15(19)10-16(20)18-7-8-23(21,22)11-12(18)2/h1,4-6,9,12H,7-8,10-11H2,2H3,(H,17,19)/t12-/m0/s1. The summed E-state index contributed by atoms with van der Waals surface area (Å²) in [5.41, 5.74) is 1.15. The lowest BCUT2D eigenvalue weighted by atomic mass is 10.2. The van der Waals surface area contributed by atoms with E-state index in [1.807, 2.05) is 0 Å². The molecule has 0 spiro atoms. The van der Waals surface area contributed by atoms with Crippen molar-refractivity contribution in [3.63, 3.8) is 0 Å². The molecule has 1 aliphatic rings. The van der Waals surface area contributed by atoms with Gasteiger partial charge in [-0.3, -0.25) is 9.59 Å². The molecule has 1 atom stereocenters. The molecule has 6 nitrogen and oxygen atoms in total. The first kappa shape index (κ1) is 17.0. The number of hydrogen-bond donors (Lipinski definition) is 1. The van der Waals surface area contributed by atoms with Crippen LogP contribution in [0.1, 0.15) is 18.9 Å². The van der Waals surface area contributed by atoms with E-state index in [1.165, 1.54) is 4.90 Å². The lowest BCUT2D eigenvalue weighted by molar-refractivity contribution is -0.135. The Kier molecular flexibility index (Phi) is 5.06. The van der Waals surface area contributed by atoms with Crippen LogP contribution in [0.15, 0.2) is 24.3 Å². The number of carbonyl (C=O) groups excluding carboxylic acids is 2. The molecular formula is C16H18N2O4S. The molecule has 2 amide bonds. The van der Waals surface area contributed by atoms with Gasteiger partial charge in [-0.2, -0.15) is 0 Å². The Morgan fingerprint density at radius 3 is 2.83 bits per heavy atom. The van der Waals surface area contributed by atoms with E-state index in [4.69, 9.17) is 6.42 Å². The van der Waals surface area contributed by atoms with Gasteiger partial charge in [-0.05, 0) is 25.1 Å². The minimum atomic E-state index is -3.10. The monoisotopic (exact) mass is 334 g/mol. The number of anilines is 1. The second kappa shape index (κ2) is 6.84. The molecule has 1 aromatic carbocycles. The Labute approximate surface area is 135 Å². The van der Waals surface area contributed by atoms with E-state index >= 15 is 0 Å². The SMILES string of the molecule is C#Cc1cccc(NC(=O)CC(=O)N2CCS(=O)(=O)C[C@@H]2C)c1. The molecule has 7 heteroatoms. The number of amides is 2. The predicted molar refractivity (Wildman–Crippen MR) is 87.5 cm³/mol. The van der Waals surface area contributed by atoms with Crippen LogP contribution in [0.5, 0.6) is 0 Å². The smallest absolute Gasteiger partial charge is 0.233 e. The normalized spacial score (nSPS) is 19.7. The van der Waals surface area contributed by atoms with E-state index in [0.29, 0.717) is 11.3 Å². The van der Waals surface area contributed by atoms with Crippen LogP contribution in [0, 0.1) is 12.3 Å². The molecule has 0 saturated carbocycles. The number of benzene rings is 1. The second-order valence-electron chi connectivity index (χ2n) is 5.50. The van der Waals surface area contributed by atoms with Crippen LogP contribution in [0.3, 0.4) is 0 Å². The summed E-state index contributed by atoms with van der Waals surface area (Å²) in [6, 6.07) is 6.34. The molecule has 0 aromatic heterocycles. The minimum absolute atomic E-state index is 0.0606. The molecule has 0 unspecified atom stereocenters. The summed E-state index contributed by atoms with van der Waals surface area (Å²) in [5, 5.41) is 2.62. The van der Waals surface area contributed by atoms with Crippen LogP contribution >= 0.6 is 0 Å². The third-order valence-corrected chi connectivity index (χ3v) is 5.41. The van der Waals surface area contributed by atoms with Crippen molar-refractivity contribution in [1.82, 2.24) is 4.90 Å². The molecule has 1 N–H and O–H groups in total. The fourth-order valence-electron chi connectivity index (χ4n) is 2.50. The molecule has 0 bridgehead atoms. The molecule has 0 aliphatic carbocycles. The highest BCUT2D eigenvalue weighted by Gasteiger charge is 2.31. The topological polar surface area (TPSA) is 83.6 Å². The molecule has 2 rings (SSSR count). The molecule has 1 saturated heterocycles. The second-order valence-corrected chi connectivity index (χ2v) is 7.73. The number of terminal acetylenes is 1. The Bertz CT molecular complexity index is 765. The molecule has 1 aliphatic heterocycles. The van der Waals surface area contributed by atoms with Gasteiger partial charge in [0.05, 0.1) is 11.5 Å². The highest BCUT2D eigenvalue weighted by atomic mass is 32.2. The van der Waals surface area contributed by atoms with Crippen LogP contribution in [0.2, 0.25) is 0 Å². The third-order valence-electron chi connectivity index (χ3n) is 3.62. The lowest BCUT2D eigenvalue weighted by Gasteiger charge is -2.33. The van der Waals surface area contributed by atoms with Gasteiger partial charge < -0.3 is 10.2 Å². The van der Waals surface area contributed by atoms with E-state index in [2.05, 4.69) is 11.2 Å². The summed E-state index contributed by atoms with van der Waals surface area (Å²) in [5.74, 6) is 1.51. The van der Waals surface area contributed by atoms with Gasteiger partial charge in [-0.1, -0.05) is 12.0 Å². The number of nitrogens with one attached hydrogen (secondary N) is 1. The maximum absolute atomic E-state index is 12.2. The van der Waals surface area contributed by atoms with Crippen LogP contribution in [-0.2, 0) is 19.4 Å². The summed E-state index contributed by atoms with van der Waals surface area (Å²) in [6.07, 6.45) is 4.96. The van der Waals surface area contributed by atoms with Gasteiger partial charge in [-0.25, -0.2) is 8.42 Å². The highest BCUT2D eigenvalue weighted by molar-refractivity contribution is 7.91. The zero-order valence-corrected chi connectivity index (χ0v) is 13.6. The van der Waals surface area contributed by atoms with Crippen LogP contribution < -0.4 is 5.32 Å². The average molecular weight is 334 g/mol. The number of carbonyl (C=O) groups is 2. The van der Waals surface area contributed by atoms with Gasteiger partial charge in [0.15, 0.2) is 9.84 Å². The van der Waals surface area contributed by atoms with Gasteiger partial charge in [0, 0.05) is 23.8 Å². The maximum atomic E-state index is 12.2. The molecule has 23 heavy (non-hydrogen) atoms. The van der Waals surface area contributed by atoms with Crippen molar-refractivity contribution in [3.05, 3.63) is 29.8 Å². The van der Waals surface area contributed by atoms with E-state index < -0.39 is 21.8 Å². The van der Waals surface area contributed by atoms with E-state index in [0.717, 1.165) is 0 Å². The van der Waals surface area contributed by atoms with E-state index in [9.17, 15) is 18.0 Å². The van der Waals surface area contributed by atoms with Crippen molar-refractivity contribution < 1.29 is 18.0 Å². The number of nitrogens with zero attached hydrogens (tertiary/aromatic N) is 1. The number of hydrogen-bond acceptors (Lipinski definition) is 4. The van der Waals surface area contributed by atoms with Crippen LogP contribution in [-0.4, -0.2) is 49.2 Å². The van der Waals surface area contributed by atoms with E-state index in [1.54, 1.807) is 31.2 Å². The highest BCUT2D eigenvalue weighted by Crippen LogP contribution is 2.14. The Morgan fingerprint density at radius 1 is 1.43 bits per heavy atom. The molecule has 1 heterocycles. The average Bonchev–Trinajstić information content (AvgIpc) is 2.46. The lowest BCUT2D eigenvalue weighted by Crippen LogP contribution is -2.50. The van der Waals surface area contributed by atoms with Crippen molar-refractivity contribution in [1.29, 1.82) is 0 Å². The Hall–Kier alpha value is -2.33. The molecule has 1 fully saturated rings. The summed E-state index contributed by atoms with van der Waals surface area (Å²) in [4.78, 5) is 25.6. The van der Waals surface area contributed by atoms with Crippen LogP contribution in [0.25, 0.3) is 0 Å². The fraction of sp³-hybridized carbons (Fsp3) is 0.375. The van der Waals surface area contributed by atoms with Crippen molar-refractivity contribution in [2.24, 2.45) is 0 Å². The summed E-state index contributed by atoms with van der Waals surface area (Å²) in [6.45, 7) is 1.80. The van der Waals surface area contributed by atoms with Crippen LogP contribution in [0.4, 0.5) is 5.69 Å². The largest absolute Gasteiger partial charge is 0.338 e. The van der Waals surface area contributed by atoms with Gasteiger partial charge in [0.1, 0.15) is 6.42 Å². The van der Waals surface area contributed by atoms with Crippen molar-refractivity contribution in [2.75, 3.05) is 23.4 Å². The summed E-state index contributed by atoms with van der Waals surface area (Å²) >= 11 is 0. The van der Waals surface area contributed by atoms with Crippen molar-refractivity contribution in [3.8, 4) is 12.3 Å². The maximum Gasteiger partial charge on any atom is 0.233 e. The molecule has 122 valence electrons. The van der Waals surface area contributed by atoms with Gasteiger partial charge >= 0.3 is 0 Å². The minimum Gasteiger partial charge on any atom is -0.338 e. The fourth-order valence-corrected chi connectivity index (χ4v) is 4.06. The Morgan fingerprint density at radius 2 is 2.17 bits per heavy atom.